The van der Waals surface area contributed by atoms with E-state index in [0.717, 1.165) is 18.8 Å². The first-order valence-electron chi connectivity index (χ1n) is 10.3. The fourth-order valence-electron chi connectivity index (χ4n) is 4.35. The van der Waals surface area contributed by atoms with Gasteiger partial charge in [0.25, 0.3) is 0 Å². The first-order valence-corrected chi connectivity index (χ1v) is 11.1. The highest BCUT2D eigenvalue weighted by atomic mass is 32.1. The summed E-state index contributed by atoms with van der Waals surface area (Å²) in [6.45, 7) is 8.06. The van der Waals surface area contributed by atoms with E-state index >= 15 is 0 Å². The van der Waals surface area contributed by atoms with Crippen molar-refractivity contribution in [3.05, 3.63) is 41.8 Å². The minimum atomic E-state index is -0.419. The second-order valence-corrected chi connectivity index (χ2v) is 9.21. The van der Waals surface area contributed by atoms with E-state index in [1.807, 2.05) is 20.8 Å². The minimum absolute atomic E-state index is 0.0424. The molecule has 3 atom stereocenters. The molecular formula is C21H25FN6OS. The number of fused-ring (bicyclic) bond motifs is 2. The Hall–Kier alpha value is -2.68. The van der Waals surface area contributed by atoms with Gasteiger partial charge < -0.3 is 15.0 Å². The molecule has 2 saturated heterocycles. The van der Waals surface area contributed by atoms with Gasteiger partial charge in [-0.1, -0.05) is 12.1 Å². The summed E-state index contributed by atoms with van der Waals surface area (Å²) in [5, 5.41) is 9.36. The highest BCUT2D eigenvalue weighted by molar-refractivity contribution is 7.10. The van der Waals surface area contributed by atoms with Crippen molar-refractivity contribution < 1.29 is 9.13 Å². The Morgan fingerprint density at radius 1 is 1.23 bits per heavy atom. The summed E-state index contributed by atoms with van der Waals surface area (Å²) >= 11 is 1.57. The van der Waals surface area contributed by atoms with Crippen LogP contribution in [0.2, 0.25) is 0 Å². The molecule has 0 amide bonds. The minimum Gasteiger partial charge on any atom is -0.421 e. The predicted octanol–water partition coefficient (Wildman–Crippen LogP) is 4.49. The van der Waals surface area contributed by atoms with Gasteiger partial charge in [-0.05, 0) is 68.8 Å². The molecule has 158 valence electrons. The number of hydrogen-bond acceptors (Lipinski definition) is 7. The molecule has 1 aliphatic carbocycles. The van der Waals surface area contributed by atoms with Crippen molar-refractivity contribution in [3.63, 3.8) is 0 Å². The number of halogens is 1. The van der Waals surface area contributed by atoms with Crippen LogP contribution in [0.15, 0.2) is 30.3 Å². The maximum absolute atomic E-state index is 14.0. The first-order chi connectivity index (χ1) is 14.5. The number of aromatic nitrogens is 4. The van der Waals surface area contributed by atoms with Crippen molar-refractivity contribution in [2.24, 2.45) is 11.8 Å². The average Bonchev–Trinajstić information content (AvgIpc) is 3.34. The fraction of sp³-hybridized carbons (Fsp3) is 0.476. The monoisotopic (exact) mass is 428 g/mol. The van der Waals surface area contributed by atoms with Gasteiger partial charge >= 0.3 is 6.01 Å². The quantitative estimate of drug-likeness (QED) is 0.624. The molecular weight excluding hydrogens is 403 g/mol. The number of nitrogens with one attached hydrogen (secondary N) is 1. The van der Waals surface area contributed by atoms with Crippen molar-refractivity contribution >= 4 is 22.5 Å². The molecule has 0 spiro atoms. The van der Waals surface area contributed by atoms with Gasteiger partial charge in [0.05, 0.1) is 11.7 Å². The lowest BCUT2D eigenvalue weighted by atomic mass is 9.66. The van der Waals surface area contributed by atoms with Gasteiger partial charge in [-0.3, -0.25) is 0 Å². The molecule has 1 N–H and O–H groups in total. The molecule has 1 saturated carbocycles. The highest BCUT2D eigenvalue weighted by Gasteiger charge is 2.47. The Morgan fingerprint density at radius 2 is 2.00 bits per heavy atom. The van der Waals surface area contributed by atoms with Gasteiger partial charge in [0.1, 0.15) is 5.00 Å². The molecule has 7 nitrogen and oxygen atoms in total. The number of ether oxygens (including phenoxy) is 1. The molecule has 2 aromatic heterocycles. The van der Waals surface area contributed by atoms with Crippen molar-refractivity contribution in [3.8, 4) is 11.8 Å². The number of benzene rings is 1. The van der Waals surface area contributed by atoms with Gasteiger partial charge in [0.2, 0.25) is 5.95 Å². The van der Waals surface area contributed by atoms with Gasteiger partial charge in [-0.25, -0.2) is 9.07 Å². The molecule has 1 aromatic carbocycles. The van der Waals surface area contributed by atoms with E-state index in [1.54, 1.807) is 34.4 Å². The zero-order chi connectivity index (χ0) is 20.8. The summed E-state index contributed by atoms with van der Waals surface area (Å²) in [6, 6.07) is 9.18. The molecule has 30 heavy (non-hydrogen) atoms. The zero-order valence-electron chi connectivity index (χ0n) is 17.2. The third-order valence-corrected chi connectivity index (χ3v) is 6.82. The van der Waals surface area contributed by atoms with E-state index in [9.17, 15) is 4.39 Å². The lowest BCUT2D eigenvalue weighted by Crippen LogP contribution is -2.61. The Bertz CT molecular complexity index is 1040. The summed E-state index contributed by atoms with van der Waals surface area (Å²) in [7, 11) is 0. The smallest absolute Gasteiger partial charge is 0.322 e. The maximum atomic E-state index is 14.0. The van der Waals surface area contributed by atoms with Crippen molar-refractivity contribution in [2.45, 2.75) is 39.3 Å². The first kappa shape index (κ1) is 19.3. The average molecular weight is 429 g/mol. The number of aryl methyl sites for hydroxylation is 1. The number of piperidine rings is 2. The third-order valence-electron chi connectivity index (χ3n) is 5.88. The molecule has 2 unspecified atom stereocenters. The molecule has 6 rings (SSSR count). The Morgan fingerprint density at radius 3 is 2.67 bits per heavy atom. The fourth-order valence-corrected chi connectivity index (χ4v) is 5.13. The number of nitrogens with zero attached hydrogens (tertiary/aromatic N) is 5. The molecule has 3 aliphatic rings. The highest BCUT2D eigenvalue weighted by Crippen LogP contribution is 2.43. The van der Waals surface area contributed by atoms with Crippen LogP contribution in [0.3, 0.4) is 0 Å². The summed E-state index contributed by atoms with van der Waals surface area (Å²) in [6.07, 6.45) is 1.22. The predicted molar refractivity (Wildman–Crippen MR) is 115 cm³/mol. The van der Waals surface area contributed by atoms with Crippen LogP contribution in [0.5, 0.6) is 11.8 Å². The lowest BCUT2D eigenvalue weighted by molar-refractivity contribution is 0.130. The van der Waals surface area contributed by atoms with Crippen LogP contribution in [0, 0.1) is 24.6 Å². The zero-order valence-corrected chi connectivity index (χ0v) is 18.1. The van der Waals surface area contributed by atoms with Crippen LogP contribution < -0.4 is 15.0 Å². The van der Waals surface area contributed by atoms with Gasteiger partial charge in [-0.15, -0.1) is 5.10 Å². The maximum Gasteiger partial charge on any atom is 0.322 e. The Kier molecular flexibility index (Phi) is 4.85. The SMILES string of the molecule is Cc1cc(N2CC3C[C@@H](C2)C3Nc2nc(Oc3ccccc3F)n(C(C)C)n2)sn1. The molecule has 4 heterocycles. The van der Waals surface area contributed by atoms with Crippen LogP contribution in [0.25, 0.3) is 0 Å². The Balaban J connectivity index is 1.30. The normalized spacial score (nSPS) is 22.8. The number of hydrogen-bond donors (Lipinski definition) is 1. The van der Waals surface area contributed by atoms with Crippen LogP contribution in [0.4, 0.5) is 15.3 Å². The summed E-state index contributed by atoms with van der Waals surface area (Å²) in [5.74, 6) is 1.37. The molecule has 0 radical (unpaired) electrons. The van der Waals surface area contributed by atoms with E-state index in [1.165, 1.54) is 17.5 Å². The van der Waals surface area contributed by atoms with Crippen LogP contribution >= 0.6 is 11.5 Å². The Labute approximate surface area is 179 Å². The molecule has 3 fully saturated rings. The molecule has 3 aromatic rings. The summed E-state index contributed by atoms with van der Waals surface area (Å²) in [5.41, 5.74) is 1.08. The number of rotatable bonds is 6. The van der Waals surface area contributed by atoms with E-state index < -0.39 is 5.82 Å². The van der Waals surface area contributed by atoms with Crippen molar-refractivity contribution in [1.82, 2.24) is 19.1 Å². The second kappa shape index (κ2) is 7.54. The molecule has 9 heteroatoms. The number of para-hydroxylation sites is 1. The van der Waals surface area contributed by atoms with E-state index in [4.69, 9.17) is 4.74 Å². The molecule has 2 aliphatic heterocycles. The van der Waals surface area contributed by atoms with E-state index in [0.29, 0.717) is 29.8 Å². The van der Waals surface area contributed by atoms with Gasteiger partial charge in [0, 0.05) is 19.1 Å². The largest absolute Gasteiger partial charge is 0.421 e. The third kappa shape index (κ3) is 3.51. The van der Waals surface area contributed by atoms with Crippen LogP contribution in [-0.4, -0.2) is 38.3 Å². The standard InChI is InChI=1S/C21H25FN6OS/c1-12(2)28-21(29-17-7-5-4-6-16(17)22)24-20(25-28)23-19-14-9-15(19)11-27(10-14)18-8-13(3)26-30-18/h4-8,12,14-15,19H,9-11H2,1-3H3,(H,23,25)/t14-,15?,19?/m0/s1. The van der Waals surface area contributed by atoms with Gasteiger partial charge in [-0.2, -0.15) is 9.36 Å². The van der Waals surface area contributed by atoms with Crippen molar-refractivity contribution in [1.29, 1.82) is 0 Å². The topological polar surface area (TPSA) is 68.1 Å². The van der Waals surface area contributed by atoms with E-state index in [2.05, 4.69) is 30.7 Å². The molecule has 2 bridgehead atoms. The van der Waals surface area contributed by atoms with Crippen molar-refractivity contribution in [2.75, 3.05) is 23.3 Å². The second-order valence-electron chi connectivity index (χ2n) is 8.43. The summed E-state index contributed by atoms with van der Waals surface area (Å²) in [4.78, 5) is 6.97. The van der Waals surface area contributed by atoms with E-state index in [-0.39, 0.29) is 11.8 Å². The summed E-state index contributed by atoms with van der Waals surface area (Å²) < 4.78 is 25.9. The lowest BCUT2D eigenvalue weighted by Gasteiger charge is -2.53. The van der Waals surface area contributed by atoms with Crippen LogP contribution in [0.1, 0.15) is 32.0 Å². The van der Waals surface area contributed by atoms with Gasteiger partial charge in [0.15, 0.2) is 11.6 Å². The number of anilines is 2. The van der Waals surface area contributed by atoms with Crippen LogP contribution in [-0.2, 0) is 0 Å².